The Labute approximate surface area is 293 Å². The molecule has 0 spiro atoms. The fourth-order valence-electron chi connectivity index (χ4n) is 3.77. The van der Waals surface area contributed by atoms with Gasteiger partial charge in [0.25, 0.3) is 5.91 Å². The minimum atomic E-state index is -1.60. The number of thiazole rings is 1. The number of hydrogen-bond acceptors (Lipinski definition) is 14. The quantitative estimate of drug-likeness (QED) is 0.0281. The molecule has 1 aromatic rings. The highest BCUT2D eigenvalue weighted by molar-refractivity contribution is 7.14. The zero-order valence-electron chi connectivity index (χ0n) is 30.5. The number of aliphatic hydroxyl groups is 1. The molecule has 1 fully saturated rings. The van der Waals surface area contributed by atoms with Gasteiger partial charge in [0.2, 0.25) is 11.5 Å². The lowest BCUT2D eigenvalue weighted by Gasteiger charge is -2.37. The first kappa shape index (κ1) is 42.0. The molecule has 49 heavy (non-hydrogen) atoms. The van der Waals surface area contributed by atoms with Crippen LogP contribution in [-0.4, -0.2) is 116 Å². The van der Waals surface area contributed by atoms with Gasteiger partial charge in [-0.3, -0.25) is 14.9 Å². The normalized spacial score (nSPS) is 17.8. The van der Waals surface area contributed by atoms with E-state index < -0.39 is 66.9 Å². The number of carbonyl (C=O) groups excluding carboxylic acids is 4. The van der Waals surface area contributed by atoms with Gasteiger partial charge in [-0.25, -0.2) is 14.6 Å². The Kier molecular flexibility index (Phi) is 15.1. The molecular weight excluding hydrogens is 677 g/mol. The summed E-state index contributed by atoms with van der Waals surface area (Å²) in [6.07, 6.45) is -1.57. The lowest BCUT2D eigenvalue weighted by molar-refractivity contribution is -0.179. The summed E-state index contributed by atoms with van der Waals surface area (Å²) in [5, 5.41) is 26.7. The van der Waals surface area contributed by atoms with E-state index >= 15 is 0 Å². The molecule has 3 atom stereocenters. The SMILES string of the molecule is CC(C)(C)OC(=O)Nc1nc(C(=NOC(C)(C)C(=O)OC(C)(C)C)C(=O)N[C@@H]2C(=O)N[C@H]2CNC[C@H](O)COCOCC[Si](C)(C)C)cs1. The van der Waals surface area contributed by atoms with Crippen LogP contribution in [0, 0.1) is 0 Å². The summed E-state index contributed by atoms with van der Waals surface area (Å²) in [4.78, 5) is 60.8. The monoisotopic (exact) mass is 730 g/mol. The van der Waals surface area contributed by atoms with Crippen molar-refractivity contribution in [2.45, 2.75) is 116 Å². The van der Waals surface area contributed by atoms with E-state index in [1.165, 1.54) is 19.2 Å². The third-order valence-electron chi connectivity index (χ3n) is 6.34. The topological polar surface area (TPSA) is 208 Å². The van der Waals surface area contributed by atoms with Gasteiger partial charge < -0.3 is 44.8 Å². The molecule has 5 N–H and O–H groups in total. The lowest BCUT2D eigenvalue weighted by atomic mass is 9.98. The maximum absolute atomic E-state index is 13.6. The molecule has 2 rings (SSSR count). The second-order valence-electron chi connectivity index (χ2n) is 15.3. The van der Waals surface area contributed by atoms with Crippen molar-refractivity contribution in [1.29, 1.82) is 0 Å². The van der Waals surface area contributed by atoms with E-state index in [0.29, 0.717) is 6.61 Å². The van der Waals surface area contributed by atoms with E-state index in [0.717, 1.165) is 17.4 Å². The average molecular weight is 731 g/mol. The van der Waals surface area contributed by atoms with E-state index in [2.05, 4.69) is 51.0 Å². The van der Waals surface area contributed by atoms with Crippen molar-refractivity contribution in [3.05, 3.63) is 11.1 Å². The maximum Gasteiger partial charge on any atom is 0.413 e. The number of esters is 1. The molecule has 16 nitrogen and oxygen atoms in total. The summed E-state index contributed by atoms with van der Waals surface area (Å²) >= 11 is 1.00. The van der Waals surface area contributed by atoms with E-state index in [1.807, 2.05) is 0 Å². The Bertz CT molecular complexity index is 1320. The number of nitrogens with zero attached hydrogens (tertiary/aromatic N) is 2. The summed E-state index contributed by atoms with van der Waals surface area (Å²) in [7, 11) is -1.19. The fourth-order valence-corrected chi connectivity index (χ4v) is 5.20. The Balaban J connectivity index is 2.06. The average Bonchev–Trinajstić information content (AvgIpc) is 3.38. The van der Waals surface area contributed by atoms with Gasteiger partial charge in [-0.15, -0.1) is 11.3 Å². The van der Waals surface area contributed by atoms with Crippen LogP contribution in [0.15, 0.2) is 10.5 Å². The van der Waals surface area contributed by atoms with Crippen molar-refractivity contribution < 1.29 is 48.1 Å². The number of rotatable bonds is 18. The van der Waals surface area contributed by atoms with Crippen LogP contribution in [0.2, 0.25) is 25.7 Å². The smallest absolute Gasteiger partial charge is 0.413 e. The maximum atomic E-state index is 13.6. The van der Waals surface area contributed by atoms with Crippen LogP contribution in [0.25, 0.3) is 0 Å². The van der Waals surface area contributed by atoms with Crippen molar-refractivity contribution in [1.82, 2.24) is 20.9 Å². The van der Waals surface area contributed by atoms with Gasteiger partial charge in [0.05, 0.1) is 18.8 Å². The van der Waals surface area contributed by atoms with Crippen LogP contribution < -0.4 is 21.3 Å². The zero-order valence-corrected chi connectivity index (χ0v) is 32.3. The number of ether oxygens (including phenoxy) is 4. The summed E-state index contributed by atoms with van der Waals surface area (Å²) < 4.78 is 21.5. The number of β-lactam (4-membered cyclic amide) rings is 1. The van der Waals surface area contributed by atoms with Gasteiger partial charge in [0, 0.05) is 33.2 Å². The molecule has 2 heterocycles. The minimum absolute atomic E-state index is 0.00976. The van der Waals surface area contributed by atoms with Crippen LogP contribution >= 0.6 is 11.3 Å². The summed E-state index contributed by atoms with van der Waals surface area (Å²) in [6, 6.07) is -0.434. The van der Waals surface area contributed by atoms with Crippen LogP contribution in [0.3, 0.4) is 0 Å². The Morgan fingerprint density at radius 3 is 2.31 bits per heavy atom. The van der Waals surface area contributed by atoms with Crippen LogP contribution in [0.4, 0.5) is 9.93 Å². The zero-order chi connectivity index (χ0) is 37.2. The van der Waals surface area contributed by atoms with Crippen molar-refractivity contribution in [3.8, 4) is 0 Å². The van der Waals surface area contributed by atoms with E-state index in [9.17, 15) is 24.3 Å². The standard InChI is InChI=1S/C31H54N6O10SSi/c1-29(2,3)45-26(41)31(7,8)47-37-23(21-17-48-27(34-21)36-28(42)46-30(4,5)6)25(40)35-22-20(33-24(22)39)15-32-14-19(38)16-44-18-43-12-13-49(9,10)11/h17,19-20,22,32,38H,12-16,18H2,1-11H3,(H,33,39)(H,35,40)(H,34,36,42)/t19-,20-,22-/m0/s1. The fraction of sp³-hybridized carbons (Fsp3) is 0.742. The van der Waals surface area contributed by atoms with Gasteiger partial charge >= 0.3 is 12.1 Å². The first-order valence-electron chi connectivity index (χ1n) is 16.1. The molecule has 1 aliphatic rings. The number of amides is 3. The molecule has 3 amide bonds. The predicted octanol–water partition coefficient (Wildman–Crippen LogP) is 2.59. The molecule has 0 unspecified atom stereocenters. The minimum Gasteiger partial charge on any atom is -0.457 e. The van der Waals surface area contributed by atoms with Crippen molar-refractivity contribution in [2.24, 2.45) is 5.16 Å². The van der Waals surface area contributed by atoms with Crippen LogP contribution in [0.1, 0.15) is 61.1 Å². The Hall–Kier alpha value is -3.16. The number of hydrogen-bond donors (Lipinski definition) is 5. The molecule has 0 aromatic carbocycles. The number of oxime groups is 1. The number of nitrogens with one attached hydrogen (secondary N) is 4. The summed E-state index contributed by atoms with van der Waals surface area (Å²) in [5.41, 5.74) is -3.49. The van der Waals surface area contributed by atoms with E-state index in [4.69, 9.17) is 23.8 Å². The van der Waals surface area contributed by atoms with Gasteiger partial charge in [0.1, 0.15) is 29.7 Å². The molecule has 0 radical (unpaired) electrons. The molecule has 1 saturated heterocycles. The highest BCUT2D eigenvalue weighted by Crippen LogP contribution is 2.21. The third kappa shape index (κ3) is 15.9. The van der Waals surface area contributed by atoms with E-state index in [1.54, 1.807) is 41.5 Å². The molecule has 1 aromatic heterocycles. The Morgan fingerprint density at radius 2 is 1.71 bits per heavy atom. The number of aromatic nitrogens is 1. The summed E-state index contributed by atoms with van der Waals surface area (Å²) in [5.74, 6) is -1.97. The first-order valence-corrected chi connectivity index (χ1v) is 20.7. The number of carbonyl (C=O) groups is 4. The molecule has 1 aliphatic heterocycles. The van der Waals surface area contributed by atoms with Gasteiger partial charge in [-0.05, 0) is 61.4 Å². The number of aliphatic hydroxyl groups excluding tert-OH is 1. The van der Waals surface area contributed by atoms with Crippen LogP contribution in [-0.2, 0) is 38.2 Å². The van der Waals surface area contributed by atoms with Crippen molar-refractivity contribution >= 4 is 54.1 Å². The van der Waals surface area contributed by atoms with Gasteiger partial charge in [-0.2, -0.15) is 0 Å². The summed E-state index contributed by atoms with van der Waals surface area (Å²) in [6.45, 7) is 21.0. The largest absolute Gasteiger partial charge is 0.457 e. The third-order valence-corrected chi connectivity index (χ3v) is 8.80. The molecular formula is C31H54N6O10SSi. The Morgan fingerprint density at radius 1 is 1.06 bits per heavy atom. The van der Waals surface area contributed by atoms with E-state index in [-0.39, 0.29) is 43.0 Å². The second-order valence-corrected chi connectivity index (χ2v) is 21.8. The highest BCUT2D eigenvalue weighted by atomic mass is 32.1. The first-order chi connectivity index (χ1) is 22.5. The second kappa shape index (κ2) is 17.7. The molecule has 0 saturated carbocycles. The molecule has 278 valence electrons. The number of anilines is 1. The molecule has 0 bridgehead atoms. The van der Waals surface area contributed by atoms with Crippen molar-refractivity contribution in [2.75, 3.05) is 38.4 Å². The predicted molar refractivity (Wildman–Crippen MR) is 187 cm³/mol. The van der Waals surface area contributed by atoms with Crippen LogP contribution in [0.5, 0.6) is 0 Å². The van der Waals surface area contributed by atoms with Gasteiger partial charge in [-0.1, -0.05) is 24.8 Å². The lowest BCUT2D eigenvalue weighted by Crippen LogP contribution is -2.72. The van der Waals surface area contributed by atoms with Gasteiger partial charge in [0.15, 0.2) is 10.8 Å². The highest BCUT2D eigenvalue weighted by Gasteiger charge is 2.41. The molecule has 0 aliphatic carbocycles. The van der Waals surface area contributed by atoms with Crippen molar-refractivity contribution in [3.63, 3.8) is 0 Å². The molecule has 18 heteroatoms.